The largest absolute Gasteiger partial charge is 0.447 e. The SMILES string of the molecule is CNCc1coc(C2CCCN2)n1. The fourth-order valence-electron chi connectivity index (χ4n) is 1.64. The lowest BCUT2D eigenvalue weighted by molar-refractivity contribution is 0.429. The van der Waals surface area contributed by atoms with Crippen molar-refractivity contribution in [2.75, 3.05) is 13.6 Å². The topological polar surface area (TPSA) is 50.1 Å². The summed E-state index contributed by atoms with van der Waals surface area (Å²) in [5, 5.41) is 6.40. The van der Waals surface area contributed by atoms with Gasteiger partial charge in [-0.15, -0.1) is 0 Å². The van der Waals surface area contributed by atoms with Crippen LogP contribution in [0.5, 0.6) is 0 Å². The highest BCUT2D eigenvalue weighted by molar-refractivity contribution is 5.01. The van der Waals surface area contributed by atoms with Gasteiger partial charge in [0.1, 0.15) is 6.26 Å². The minimum absolute atomic E-state index is 0.339. The zero-order valence-electron chi connectivity index (χ0n) is 7.84. The van der Waals surface area contributed by atoms with Crippen LogP contribution in [0.15, 0.2) is 10.7 Å². The average Bonchev–Trinajstić information content (AvgIpc) is 2.70. The minimum Gasteiger partial charge on any atom is -0.447 e. The Kier molecular flexibility index (Phi) is 2.61. The van der Waals surface area contributed by atoms with E-state index in [0.29, 0.717) is 6.04 Å². The molecule has 0 spiro atoms. The number of rotatable bonds is 3. The molecule has 0 bridgehead atoms. The van der Waals surface area contributed by atoms with E-state index in [1.807, 2.05) is 7.05 Å². The van der Waals surface area contributed by atoms with E-state index >= 15 is 0 Å². The van der Waals surface area contributed by atoms with Crippen molar-refractivity contribution in [1.29, 1.82) is 0 Å². The van der Waals surface area contributed by atoms with Crippen LogP contribution in [0.2, 0.25) is 0 Å². The maximum Gasteiger partial charge on any atom is 0.211 e. The summed E-state index contributed by atoms with van der Waals surface area (Å²) < 4.78 is 5.39. The second-order valence-electron chi connectivity index (χ2n) is 3.36. The third-order valence-electron chi connectivity index (χ3n) is 2.29. The predicted molar refractivity (Wildman–Crippen MR) is 49.2 cm³/mol. The maximum absolute atomic E-state index is 5.39. The standard InChI is InChI=1S/C9H15N3O/c1-10-5-7-6-13-9(12-7)8-3-2-4-11-8/h6,8,10-11H,2-5H2,1H3. The summed E-state index contributed by atoms with van der Waals surface area (Å²) in [4.78, 5) is 4.39. The first-order valence-corrected chi connectivity index (χ1v) is 4.72. The van der Waals surface area contributed by atoms with Crippen LogP contribution in [0.3, 0.4) is 0 Å². The molecule has 2 rings (SSSR count). The Hall–Kier alpha value is -0.870. The Morgan fingerprint density at radius 1 is 1.77 bits per heavy atom. The van der Waals surface area contributed by atoms with Crippen molar-refractivity contribution in [1.82, 2.24) is 15.6 Å². The van der Waals surface area contributed by atoms with Crippen LogP contribution in [0.25, 0.3) is 0 Å². The van der Waals surface area contributed by atoms with Crippen molar-refractivity contribution >= 4 is 0 Å². The van der Waals surface area contributed by atoms with Crippen LogP contribution in [0.4, 0.5) is 0 Å². The van der Waals surface area contributed by atoms with Gasteiger partial charge < -0.3 is 15.1 Å². The van der Waals surface area contributed by atoms with Gasteiger partial charge >= 0.3 is 0 Å². The van der Waals surface area contributed by atoms with E-state index in [0.717, 1.165) is 31.1 Å². The first-order valence-electron chi connectivity index (χ1n) is 4.72. The normalized spacial score (nSPS) is 22.4. The Morgan fingerprint density at radius 3 is 3.38 bits per heavy atom. The van der Waals surface area contributed by atoms with E-state index < -0.39 is 0 Å². The molecule has 1 unspecified atom stereocenters. The predicted octanol–water partition coefficient (Wildman–Crippen LogP) is 0.819. The smallest absolute Gasteiger partial charge is 0.211 e. The van der Waals surface area contributed by atoms with Gasteiger partial charge in [-0.1, -0.05) is 0 Å². The van der Waals surface area contributed by atoms with Crippen molar-refractivity contribution < 1.29 is 4.42 Å². The van der Waals surface area contributed by atoms with Crippen molar-refractivity contribution in [3.8, 4) is 0 Å². The molecule has 0 radical (unpaired) electrons. The number of nitrogens with one attached hydrogen (secondary N) is 2. The van der Waals surface area contributed by atoms with Crippen molar-refractivity contribution in [2.24, 2.45) is 0 Å². The highest BCUT2D eigenvalue weighted by Crippen LogP contribution is 2.21. The second kappa shape index (κ2) is 3.89. The van der Waals surface area contributed by atoms with Gasteiger partial charge in [0.25, 0.3) is 0 Å². The molecule has 1 atom stereocenters. The molecule has 4 heteroatoms. The molecule has 1 aromatic rings. The molecule has 0 saturated carbocycles. The van der Waals surface area contributed by atoms with E-state index in [1.54, 1.807) is 6.26 Å². The fraction of sp³-hybridized carbons (Fsp3) is 0.667. The molecule has 1 aliphatic heterocycles. The van der Waals surface area contributed by atoms with Crippen molar-refractivity contribution in [2.45, 2.75) is 25.4 Å². The van der Waals surface area contributed by atoms with E-state index in [-0.39, 0.29) is 0 Å². The molecular formula is C9H15N3O. The molecule has 1 aromatic heterocycles. The van der Waals surface area contributed by atoms with E-state index in [4.69, 9.17) is 4.42 Å². The Balaban J connectivity index is 2.03. The number of hydrogen-bond acceptors (Lipinski definition) is 4. The van der Waals surface area contributed by atoms with E-state index in [2.05, 4.69) is 15.6 Å². The van der Waals surface area contributed by atoms with Gasteiger partial charge in [0.2, 0.25) is 5.89 Å². The maximum atomic E-state index is 5.39. The third-order valence-corrected chi connectivity index (χ3v) is 2.29. The van der Waals surface area contributed by atoms with Gasteiger partial charge in [0.05, 0.1) is 11.7 Å². The molecule has 2 heterocycles. The zero-order valence-corrected chi connectivity index (χ0v) is 7.84. The molecule has 0 aromatic carbocycles. The number of aromatic nitrogens is 1. The monoisotopic (exact) mass is 181 g/mol. The van der Waals surface area contributed by atoms with Crippen molar-refractivity contribution in [3.05, 3.63) is 17.8 Å². The van der Waals surface area contributed by atoms with Crippen molar-refractivity contribution in [3.63, 3.8) is 0 Å². The summed E-state index contributed by atoms with van der Waals surface area (Å²) >= 11 is 0. The van der Waals surface area contributed by atoms with Crippen LogP contribution in [-0.2, 0) is 6.54 Å². The lowest BCUT2D eigenvalue weighted by Gasteiger charge is -2.02. The molecule has 0 amide bonds. The van der Waals surface area contributed by atoms with Crippen LogP contribution >= 0.6 is 0 Å². The molecule has 1 saturated heterocycles. The average molecular weight is 181 g/mol. The van der Waals surface area contributed by atoms with Crippen LogP contribution in [0.1, 0.15) is 30.5 Å². The summed E-state index contributed by atoms with van der Waals surface area (Å²) in [5.74, 6) is 0.836. The lowest BCUT2D eigenvalue weighted by atomic mass is 10.2. The van der Waals surface area contributed by atoms with Gasteiger partial charge in [-0.05, 0) is 26.4 Å². The Morgan fingerprint density at radius 2 is 2.69 bits per heavy atom. The van der Waals surface area contributed by atoms with E-state index in [9.17, 15) is 0 Å². The summed E-state index contributed by atoms with van der Waals surface area (Å²) in [6, 6.07) is 0.339. The lowest BCUT2D eigenvalue weighted by Crippen LogP contribution is -2.13. The van der Waals surface area contributed by atoms with Crippen LogP contribution < -0.4 is 10.6 Å². The molecule has 4 nitrogen and oxygen atoms in total. The van der Waals surface area contributed by atoms with Crippen LogP contribution in [-0.4, -0.2) is 18.6 Å². The molecule has 0 aliphatic carbocycles. The zero-order chi connectivity index (χ0) is 9.10. The summed E-state index contributed by atoms with van der Waals surface area (Å²) in [7, 11) is 1.90. The highest BCUT2D eigenvalue weighted by atomic mass is 16.3. The molecule has 13 heavy (non-hydrogen) atoms. The number of hydrogen-bond donors (Lipinski definition) is 2. The molecular weight excluding hydrogens is 166 g/mol. The van der Waals surface area contributed by atoms with Gasteiger partial charge in [-0.25, -0.2) is 4.98 Å². The highest BCUT2D eigenvalue weighted by Gasteiger charge is 2.20. The summed E-state index contributed by atoms with van der Waals surface area (Å²) in [6.45, 7) is 1.85. The summed E-state index contributed by atoms with van der Waals surface area (Å²) in [5.41, 5.74) is 0.978. The van der Waals surface area contributed by atoms with Gasteiger partial charge in [-0.2, -0.15) is 0 Å². The first-order chi connectivity index (χ1) is 6.40. The van der Waals surface area contributed by atoms with Gasteiger partial charge in [0, 0.05) is 6.54 Å². The van der Waals surface area contributed by atoms with E-state index in [1.165, 1.54) is 6.42 Å². The number of oxazole rings is 1. The fourth-order valence-corrected chi connectivity index (χ4v) is 1.64. The van der Waals surface area contributed by atoms with Crippen LogP contribution in [0, 0.1) is 0 Å². The third kappa shape index (κ3) is 1.89. The molecule has 1 fully saturated rings. The second-order valence-corrected chi connectivity index (χ2v) is 3.36. The Labute approximate surface area is 77.7 Å². The molecule has 1 aliphatic rings. The molecule has 2 N–H and O–H groups in total. The van der Waals surface area contributed by atoms with Gasteiger partial charge in [-0.3, -0.25) is 0 Å². The van der Waals surface area contributed by atoms with Gasteiger partial charge in [0.15, 0.2) is 0 Å². The quantitative estimate of drug-likeness (QED) is 0.724. The molecule has 72 valence electrons. The minimum atomic E-state index is 0.339. The Bertz CT molecular complexity index is 266. The number of nitrogens with zero attached hydrogens (tertiary/aromatic N) is 1. The summed E-state index contributed by atoms with van der Waals surface area (Å²) in [6.07, 6.45) is 4.08. The first kappa shape index (κ1) is 8.72.